The molecule has 0 radical (unpaired) electrons. The zero-order valence-electron chi connectivity index (χ0n) is 11.3. The number of hydrogen-bond donors (Lipinski definition) is 1. The lowest BCUT2D eigenvalue weighted by Crippen LogP contribution is -2.38. The van der Waals surface area contributed by atoms with Crippen LogP contribution in [0.25, 0.3) is 0 Å². The normalized spacial score (nSPS) is 18.4. The third-order valence-corrected chi connectivity index (χ3v) is 3.82. The van der Waals surface area contributed by atoms with Gasteiger partial charge < -0.3 is 10.6 Å². The number of hydrogen-bond acceptors (Lipinski definition) is 2. The molecule has 1 aliphatic rings. The van der Waals surface area contributed by atoms with Crippen molar-refractivity contribution in [3.05, 3.63) is 0 Å². The lowest BCUT2D eigenvalue weighted by molar-refractivity contribution is -0.123. The predicted octanol–water partition coefficient (Wildman–Crippen LogP) is 2.54. The molecule has 17 heavy (non-hydrogen) atoms. The Labute approximate surface area is 106 Å². The van der Waals surface area contributed by atoms with Gasteiger partial charge in [-0.15, -0.1) is 0 Å². The Bertz CT molecular complexity index is 210. The fraction of sp³-hybridized carbons (Fsp3) is 0.929. The lowest BCUT2D eigenvalue weighted by atomic mass is 9.96. The quantitative estimate of drug-likeness (QED) is 0.663. The summed E-state index contributed by atoms with van der Waals surface area (Å²) in [6.45, 7) is 5.58. The number of carbonyl (C=O) groups excluding carboxylic acids is 1. The topological polar surface area (TPSA) is 46.3 Å². The summed E-state index contributed by atoms with van der Waals surface area (Å²) in [6, 6.07) is 0. The van der Waals surface area contributed by atoms with E-state index in [2.05, 4.69) is 11.8 Å². The summed E-state index contributed by atoms with van der Waals surface area (Å²) in [4.78, 5) is 13.5. The maximum absolute atomic E-state index is 11.0. The van der Waals surface area contributed by atoms with E-state index in [4.69, 9.17) is 5.73 Å². The van der Waals surface area contributed by atoms with E-state index in [0.29, 0.717) is 0 Å². The number of rotatable bonds is 8. The maximum Gasteiger partial charge on any atom is 0.220 e. The van der Waals surface area contributed by atoms with Crippen molar-refractivity contribution in [2.45, 2.75) is 58.3 Å². The van der Waals surface area contributed by atoms with Gasteiger partial charge in [-0.1, -0.05) is 39.0 Å². The first-order chi connectivity index (χ1) is 8.24. The van der Waals surface area contributed by atoms with E-state index in [1.54, 1.807) is 0 Å². The molecule has 1 rings (SSSR count). The van der Waals surface area contributed by atoms with Crippen LogP contribution in [0.1, 0.15) is 58.3 Å². The molecule has 1 saturated heterocycles. The summed E-state index contributed by atoms with van der Waals surface area (Å²) in [5.74, 6) is 0.0278. The van der Waals surface area contributed by atoms with Gasteiger partial charge >= 0.3 is 0 Å². The molecular weight excluding hydrogens is 212 g/mol. The van der Waals surface area contributed by atoms with Gasteiger partial charge in [0.25, 0.3) is 0 Å². The van der Waals surface area contributed by atoms with Gasteiger partial charge in [0.05, 0.1) is 0 Å². The molecule has 0 atom stereocenters. The van der Waals surface area contributed by atoms with Crippen LogP contribution in [0.2, 0.25) is 0 Å². The number of amides is 1. The molecule has 100 valence electrons. The van der Waals surface area contributed by atoms with Crippen molar-refractivity contribution in [1.82, 2.24) is 4.90 Å². The molecule has 0 bridgehead atoms. The van der Waals surface area contributed by atoms with Crippen molar-refractivity contribution in [3.8, 4) is 0 Å². The minimum absolute atomic E-state index is 0.107. The van der Waals surface area contributed by atoms with Gasteiger partial charge in [0, 0.05) is 5.92 Å². The smallest absolute Gasteiger partial charge is 0.220 e. The molecule has 0 spiro atoms. The number of primary amides is 1. The van der Waals surface area contributed by atoms with E-state index >= 15 is 0 Å². The summed E-state index contributed by atoms with van der Waals surface area (Å²) in [5, 5.41) is 0. The number of carbonyl (C=O) groups is 1. The first-order valence-corrected chi connectivity index (χ1v) is 7.25. The van der Waals surface area contributed by atoms with Crippen molar-refractivity contribution in [3.63, 3.8) is 0 Å². The second-order valence-corrected chi connectivity index (χ2v) is 5.29. The molecule has 1 amide bonds. The molecule has 0 aromatic carbocycles. The van der Waals surface area contributed by atoms with Crippen LogP contribution in [0.15, 0.2) is 0 Å². The van der Waals surface area contributed by atoms with Gasteiger partial charge in [0.15, 0.2) is 0 Å². The molecule has 3 heteroatoms. The standard InChI is InChI=1S/C14H28N2O/c1-2-3-4-5-6-7-10-16-11-8-13(9-12-16)14(15)17/h13H,2-12H2,1H3,(H2,15,17). The number of piperidine rings is 1. The van der Waals surface area contributed by atoms with Crippen LogP contribution in [-0.4, -0.2) is 30.4 Å². The van der Waals surface area contributed by atoms with Crippen LogP contribution >= 0.6 is 0 Å². The second-order valence-electron chi connectivity index (χ2n) is 5.29. The molecule has 3 nitrogen and oxygen atoms in total. The van der Waals surface area contributed by atoms with Gasteiger partial charge in [-0.2, -0.15) is 0 Å². The summed E-state index contributed by atoms with van der Waals surface area (Å²) >= 11 is 0. The van der Waals surface area contributed by atoms with E-state index in [1.165, 1.54) is 45.1 Å². The highest BCUT2D eigenvalue weighted by atomic mass is 16.1. The van der Waals surface area contributed by atoms with Crippen molar-refractivity contribution in [1.29, 1.82) is 0 Å². The Hall–Kier alpha value is -0.570. The van der Waals surface area contributed by atoms with Gasteiger partial charge in [-0.3, -0.25) is 4.79 Å². The second kappa shape index (κ2) is 8.51. The number of nitrogens with two attached hydrogens (primary N) is 1. The first kappa shape index (κ1) is 14.5. The molecule has 0 aliphatic carbocycles. The molecule has 1 aliphatic heterocycles. The van der Waals surface area contributed by atoms with Gasteiger partial charge in [-0.25, -0.2) is 0 Å². The molecule has 1 heterocycles. The van der Waals surface area contributed by atoms with Crippen LogP contribution in [0.5, 0.6) is 0 Å². The Morgan fingerprint density at radius 2 is 1.71 bits per heavy atom. The average molecular weight is 240 g/mol. The van der Waals surface area contributed by atoms with Crippen LogP contribution in [-0.2, 0) is 4.79 Å². The average Bonchev–Trinajstić information content (AvgIpc) is 2.34. The zero-order chi connectivity index (χ0) is 12.5. The van der Waals surface area contributed by atoms with Crippen molar-refractivity contribution in [2.75, 3.05) is 19.6 Å². The van der Waals surface area contributed by atoms with Crippen molar-refractivity contribution < 1.29 is 4.79 Å². The fourth-order valence-corrected chi connectivity index (χ4v) is 2.56. The monoisotopic (exact) mass is 240 g/mol. The van der Waals surface area contributed by atoms with E-state index in [0.717, 1.165) is 25.9 Å². The molecule has 0 unspecified atom stereocenters. The summed E-state index contributed by atoms with van der Waals surface area (Å²) in [7, 11) is 0. The van der Waals surface area contributed by atoms with Gasteiger partial charge in [0.1, 0.15) is 0 Å². The van der Waals surface area contributed by atoms with Crippen molar-refractivity contribution >= 4 is 5.91 Å². The SMILES string of the molecule is CCCCCCCCN1CCC(C(N)=O)CC1. The molecule has 2 N–H and O–H groups in total. The highest BCUT2D eigenvalue weighted by Crippen LogP contribution is 2.17. The first-order valence-electron chi connectivity index (χ1n) is 7.25. The van der Waals surface area contributed by atoms with E-state index in [-0.39, 0.29) is 11.8 Å². The Kier molecular flexibility index (Phi) is 7.25. The van der Waals surface area contributed by atoms with Crippen molar-refractivity contribution in [2.24, 2.45) is 11.7 Å². The summed E-state index contributed by atoms with van der Waals surface area (Å²) < 4.78 is 0. The van der Waals surface area contributed by atoms with Gasteiger partial charge in [0.2, 0.25) is 5.91 Å². The Morgan fingerprint density at radius 3 is 2.29 bits per heavy atom. The summed E-state index contributed by atoms with van der Waals surface area (Å²) in [6.07, 6.45) is 10.1. The van der Waals surface area contributed by atoms with Crippen LogP contribution in [0.3, 0.4) is 0 Å². The van der Waals surface area contributed by atoms with E-state index in [9.17, 15) is 4.79 Å². The maximum atomic E-state index is 11.0. The highest BCUT2D eigenvalue weighted by Gasteiger charge is 2.22. The third kappa shape index (κ3) is 6.06. The van der Waals surface area contributed by atoms with Crippen LogP contribution in [0.4, 0.5) is 0 Å². The molecule has 1 fully saturated rings. The molecule has 0 saturated carbocycles. The largest absolute Gasteiger partial charge is 0.369 e. The van der Waals surface area contributed by atoms with E-state index < -0.39 is 0 Å². The lowest BCUT2D eigenvalue weighted by Gasteiger charge is -2.30. The fourth-order valence-electron chi connectivity index (χ4n) is 2.56. The van der Waals surface area contributed by atoms with Crippen LogP contribution in [0, 0.1) is 5.92 Å². The molecule has 0 aromatic rings. The third-order valence-electron chi connectivity index (χ3n) is 3.82. The Morgan fingerprint density at radius 1 is 1.12 bits per heavy atom. The number of unbranched alkanes of at least 4 members (excludes halogenated alkanes) is 5. The Balaban J connectivity index is 1.97. The van der Waals surface area contributed by atoms with Crippen LogP contribution < -0.4 is 5.73 Å². The number of likely N-dealkylation sites (tertiary alicyclic amines) is 1. The van der Waals surface area contributed by atoms with Gasteiger partial charge in [-0.05, 0) is 38.9 Å². The minimum atomic E-state index is -0.107. The molecular formula is C14H28N2O. The summed E-state index contributed by atoms with van der Waals surface area (Å²) in [5.41, 5.74) is 5.32. The van der Waals surface area contributed by atoms with E-state index in [1.807, 2.05) is 0 Å². The zero-order valence-corrected chi connectivity index (χ0v) is 11.3. The molecule has 0 aromatic heterocycles. The predicted molar refractivity (Wildman–Crippen MR) is 71.7 cm³/mol. The number of nitrogens with zero attached hydrogens (tertiary/aromatic N) is 1. The minimum Gasteiger partial charge on any atom is -0.369 e. The highest BCUT2D eigenvalue weighted by molar-refractivity contribution is 5.76.